The molecule has 4 aromatic rings. The van der Waals surface area contributed by atoms with Crippen molar-refractivity contribution in [3.8, 4) is 17.1 Å². The summed E-state index contributed by atoms with van der Waals surface area (Å²) in [6, 6.07) is 6.02. The maximum absolute atomic E-state index is 5.24. The predicted molar refractivity (Wildman–Crippen MR) is 106 cm³/mol. The van der Waals surface area contributed by atoms with Gasteiger partial charge in [0.05, 0.1) is 23.3 Å². The van der Waals surface area contributed by atoms with Gasteiger partial charge in [0.2, 0.25) is 0 Å². The van der Waals surface area contributed by atoms with E-state index >= 15 is 0 Å². The highest BCUT2D eigenvalue weighted by Gasteiger charge is 2.16. The van der Waals surface area contributed by atoms with E-state index in [1.54, 1.807) is 18.7 Å². The molecule has 0 radical (unpaired) electrons. The molecule has 0 fully saturated rings. The van der Waals surface area contributed by atoms with Crippen LogP contribution in [0, 0.1) is 20.8 Å². The van der Waals surface area contributed by atoms with E-state index in [0.717, 1.165) is 38.5 Å². The second kappa shape index (κ2) is 6.96. The van der Waals surface area contributed by atoms with Crippen molar-refractivity contribution in [3.63, 3.8) is 0 Å². The van der Waals surface area contributed by atoms with Crippen LogP contribution in [-0.2, 0) is 0 Å². The molecule has 0 bridgehead atoms. The number of imidazole rings is 1. The zero-order valence-electron chi connectivity index (χ0n) is 15.1. The van der Waals surface area contributed by atoms with Crippen molar-refractivity contribution < 1.29 is 4.52 Å². The fraction of sp³-hybridized carbons (Fsp3) is 0.158. The fourth-order valence-corrected chi connectivity index (χ4v) is 3.41. The van der Waals surface area contributed by atoms with Gasteiger partial charge in [0.1, 0.15) is 11.6 Å². The number of nitrogens with zero attached hydrogens (tertiary/aromatic N) is 5. The van der Waals surface area contributed by atoms with E-state index in [0.29, 0.717) is 11.6 Å². The molecule has 0 amide bonds. The Morgan fingerprint density at radius 3 is 2.70 bits per heavy atom. The van der Waals surface area contributed by atoms with Gasteiger partial charge in [-0.2, -0.15) is 0 Å². The molecule has 0 atom stereocenters. The van der Waals surface area contributed by atoms with E-state index in [4.69, 9.17) is 4.52 Å². The molecular formula is C19H17BrN6O. The lowest BCUT2D eigenvalue weighted by Gasteiger charge is -2.12. The summed E-state index contributed by atoms with van der Waals surface area (Å²) in [5.41, 5.74) is 4.47. The number of aryl methyl sites for hydroxylation is 3. The molecule has 0 spiro atoms. The van der Waals surface area contributed by atoms with Crippen molar-refractivity contribution in [1.82, 2.24) is 24.7 Å². The van der Waals surface area contributed by atoms with Crippen molar-refractivity contribution >= 4 is 27.4 Å². The van der Waals surface area contributed by atoms with E-state index in [1.807, 2.05) is 49.7 Å². The molecule has 0 aliphatic heterocycles. The average Bonchev–Trinajstić information content (AvgIpc) is 3.28. The standard InChI is InChI=1S/C19H17BrN6O/c1-11-9-22-19(17-12(2)25-27-13(17)3)24-18(11)23-14-4-5-16(15(20)8-14)26-7-6-21-10-26/h4-10H,1-3H3,(H,22,23,24). The molecule has 0 saturated carbocycles. The Morgan fingerprint density at radius 1 is 1.19 bits per heavy atom. The van der Waals surface area contributed by atoms with Gasteiger partial charge in [-0.3, -0.25) is 0 Å². The fourth-order valence-electron chi connectivity index (χ4n) is 2.82. The molecular weight excluding hydrogens is 408 g/mol. The van der Waals surface area contributed by atoms with Crippen LogP contribution >= 0.6 is 15.9 Å². The summed E-state index contributed by atoms with van der Waals surface area (Å²) >= 11 is 3.62. The van der Waals surface area contributed by atoms with E-state index in [2.05, 4.69) is 41.4 Å². The van der Waals surface area contributed by atoms with Gasteiger partial charge < -0.3 is 14.4 Å². The highest BCUT2D eigenvalue weighted by Crippen LogP contribution is 2.29. The van der Waals surface area contributed by atoms with Crippen LogP contribution in [0.4, 0.5) is 11.5 Å². The first-order valence-corrected chi connectivity index (χ1v) is 9.14. The van der Waals surface area contributed by atoms with Crippen LogP contribution in [0.3, 0.4) is 0 Å². The van der Waals surface area contributed by atoms with Crippen molar-refractivity contribution in [2.75, 3.05) is 5.32 Å². The third kappa shape index (κ3) is 3.35. The van der Waals surface area contributed by atoms with Gasteiger partial charge in [0.25, 0.3) is 0 Å². The number of anilines is 2. The van der Waals surface area contributed by atoms with E-state index < -0.39 is 0 Å². The minimum Gasteiger partial charge on any atom is -0.361 e. The first-order valence-electron chi connectivity index (χ1n) is 8.34. The molecule has 1 N–H and O–H groups in total. The summed E-state index contributed by atoms with van der Waals surface area (Å²) in [5.74, 6) is 2.03. The van der Waals surface area contributed by atoms with Gasteiger partial charge in [0, 0.05) is 34.3 Å². The Labute approximate surface area is 164 Å². The first kappa shape index (κ1) is 17.4. The van der Waals surface area contributed by atoms with Crippen LogP contribution in [0.5, 0.6) is 0 Å². The lowest BCUT2D eigenvalue weighted by Crippen LogP contribution is -2.01. The third-order valence-electron chi connectivity index (χ3n) is 4.22. The Kier molecular flexibility index (Phi) is 4.49. The average molecular weight is 425 g/mol. The van der Waals surface area contributed by atoms with Gasteiger partial charge >= 0.3 is 0 Å². The first-order chi connectivity index (χ1) is 13.0. The van der Waals surface area contributed by atoms with Gasteiger partial charge in [-0.05, 0) is 54.9 Å². The van der Waals surface area contributed by atoms with Crippen molar-refractivity contribution in [2.24, 2.45) is 0 Å². The largest absolute Gasteiger partial charge is 0.361 e. The van der Waals surface area contributed by atoms with E-state index in [1.165, 1.54) is 0 Å². The maximum atomic E-state index is 5.24. The predicted octanol–water partition coefficient (Wildman–Crippen LogP) is 4.75. The Balaban J connectivity index is 1.67. The SMILES string of the molecule is Cc1cnc(-c2c(C)noc2C)nc1Nc1ccc(-n2ccnc2)c(Br)c1. The summed E-state index contributed by atoms with van der Waals surface area (Å²) in [6.07, 6.45) is 7.21. The number of hydrogen-bond acceptors (Lipinski definition) is 6. The number of rotatable bonds is 4. The smallest absolute Gasteiger partial charge is 0.167 e. The molecule has 0 saturated heterocycles. The zero-order chi connectivity index (χ0) is 19.0. The van der Waals surface area contributed by atoms with Crippen LogP contribution in [0.25, 0.3) is 17.1 Å². The Hall–Kier alpha value is -3.00. The number of aromatic nitrogens is 5. The van der Waals surface area contributed by atoms with Gasteiger partial charge in [-0.15, -0.1) is 0 Å². The molecule has 0 aliphatic rings. The molecule has 1 aromatic carbocycles. The highest BCUT2D eigenvalue weighted by molar-refractivity contribution is 9.10. The number of nitrogens with one attached hydrogen (secondary N) is 1. The summed E-state index contributed by atoms with van der Waals surface area (Å²) in [5, 5.41) is 7.36. The van der Waals surface area contributed by atoms with Gasteiger partial charge in [-0.25, -0.2) is 15.0 Å². The van der Waals surface area contributed by atoms with E-state index in [9.17, 15) is 0 Å². The molecule has 3 heterocycles. The van der Waals surface area contributed by atoms with Crippen LogP contribution in [0.2, 0.25) is 0 Å². The van der Waals surface area contributed by atoms with Gasteiger partial charge in [-0.1, -0.05) is 5.16 Å². The topological polar surface area (TPSA) is 81.7 Å². The summed E-state index contributed by atoms with van der Waals surface area (Å²) < 4.78 is 8.13. The number of halogens is 1. The van der Waals surface area contributed by atoms with E-state index in [-0.39, 0.29) is 0 Å². The lowest BCUT2D eigenvalue weighted by atomic mass is 10.2. The molecule has 27 heavy (non-hydrogen) atoms. The maximum Gasteiger partial charge on any atom is 0.167 e. The molecule has 7 nitrogen and oxygen atoms in total. The van der Waals surface area contributed by atoms with Crippen molar-refractivity contribution in [1.29, 1.82) is 0 Å². The van der Waals surface area contributed by atoms with Gasteiger partial charge in [0.15, 0.2) is 5.82 Å². The van der Waals surface area contributed by atoms with Crippen LogP contribution in [-0.4, -0.2) is 24.7 Å². The van der Waals surface area contributed by atoms with Crippen LogP contribution < -0.4 is 5.32 Å². The normalized spacial score (nSPS) is 11.0. The molecule has 0 unspecified atom stereocenters. The Morgan fingerprint density at radius 2 is 2.04 bits per heavy atom. The quantitative estimate of drug-likeness (QED) is 0.508. The van der Waals surface area contributed by atoms with Crippen molar-refractivity contribution in [2.45, 2.75) is 20.8 Å². The highest BCUT2D eigenvalue weighted by atomic mass is 79.9. The Bertz CT molecular complexity index is 1080. The van der Waals surface area contributed by atoms with Crippen LogP contribution in [0.1, 0.15) is 17.0 Å². The lowest BCUT2D eigenvalue weighted by molar-refractivity contribution is 0.393. The zero-order valence-corrected chi connectivity index (χ0v) is 16.6. The minimum absolute atomic E-state index is 0.591. The summed E-state index contributed by atoms with van der Waals surface area (Å²) in [7, 11) is 0. The second-order valence-corrected chi connectivity index (χ2v) is 7.04. The monoisotopic (exact) mass is 424 g/mol. The molecule has 8 heteroatoms. The molecule has 136 valence electrons. The number of hydrogen-bond donors (Lipinski definition) is 1. The minimum atomic E-state index is 0.591. The second-order valence-electron chi connectivity index (χ2n) is 6.19. The third-order valence-corrected chi connectivity index (χ3v) is 4.86. The molecule has 3 aromatic heterocycles. The molecule has 4 rings (SSSR count). The van der Waals surface area contributed by atoms with Crippen molar-refractivity contribution in [3.05, 3.63) is 64.6 Å². The summed E-state index contributed by atoms with van der Waals surface area (Å²) in [4.78, 5) is 13.2. The number of benzene rings is 1. The summed E-state index contributed by atoms with van der Waals surface area (Å²) in [6.45, 7) is 5.71. The molecule has 0 aliphatic carbocycles. The van der Waals surface area contributed by atoms with Crippen LogP contribution in [0.15, 0.2) is 52.1 Å².